The number of nitrogens with zero attached hydrogens (tertiary/aromatic N) is 2. The number of anilines is 1. The van der Waals surface area contributed by atoms with Crippen LogP contribution in [0.15, 0.2) is 23.9 Å². The first-order chi connectivity index (χ1) is 7.96. The third-order valence-corrected chi connectivity index (χ3v) is 3.51. The standard InChI is InChI=1S/C9H9N3O4S/c13-9(14)7-3-10-4-8(12-7)11-6-1-2-17(15,16)5-6/h1-4,6H,5H2,(H,11,12)(H,13,14). The van der Waals surface area contributed by atoms with Crippen LogP contribution < -0.4 is 5.32 Å². The lowest BCUT2D eigenvalue weighted by Crippen LogP contribution is -2.22. The van der Waals surface area contributed by atoms with Crippen LogP contribution >= 0.6 is 0 Å². The number of nitrogens with one attached hydrogen (secondary N) is 1. The van der Waals surface area contributed by atoms with E-state index >= 15 is 0 Å². The number of hydrogen-bond acceptors (Lipinski definition) is 6. The number of hydrogen-bond donors (Lipinski definition) is 2. The summed E-state index contributed by atoms with van der Waals surface area (Å²) < 4.78 is 22.3. The van der Waals surface area contributed by atoms with E-state index in [-0.39, 0.29) is 17.3 Å². The fourth-order valence-corrected chi connectivity index (χ4v) is 2.63. The number of rotatable bonds is 3. The highest BCUT2D eigenvalue weighted by molar-refractivity contribution is 7.94. The van der Waals surface area contributed by atoms with Gasteiger partial charge in [0.2, 0.25) is 0 Å². The van der Waals surface area contributed by atoms with Crippen LogP contribution in [0.3, 0.4) is 0 Å². The zero-order valence-corrected chi connectivity index (χ0v) is 9.38. The van der Waals surface area contributed by atoms with Crippen LogP contribution in [0.2, 0.25) is 0 Å². The highest BCUT2D eigenvalue weighted by Gasteiger charge is 2.21. The first-order valence-corrected chi connectivity index (χ1v) is 6.41. The molecule has 2 rings (SSSR count). The van der Waals surface area contributed by atoms with E-state index in [4.69, 9.17) is 5.11 Å². The Morgan fingerprint density at radius 3 is 2.82 bits per heavy atom. The predicted octanol–water partition coefficient (Wildman–Crippen LogP) is -0.103. The molecule has 1 unspecified atom stereocenters. The molecule has 0 saturated carbocycles. The normalized spacial score (nSPS) is 21.3. The molecule has 0 aliphatic carbocycles. The molecule has 1 aromatic rings. The monoisotopic (exact) mass is 255 g/mol. The van der Waals surface area contributed by atoms with Crippen molar-refractivity contribution in [2.45, 2.75) is 6.04 Å². The second-order valence-electron chi connectivity index (χ2n) is 3.50. The van der Waals surface area contributed by atoms with E-state index in [0.717, 1.165) is 11.6 Å². The van der Waals surface area contributed by atoms with Crippen molar-refractivity contribution in [1.29, 1.82) is 0 Å². The summed E-state index contributed by atoms with van der Waals surface area (Å²) >= 11 is 0. The van der Waals surface area contributed by atoms with Gasteiger partial charge < -0.3 is 10.4 Å². The van der Waals surface area contributed by atoms with Gasteiger partial charge in [0.05, 0.1) is 24.2 Å². The minimum absolute atomic E-state index is 0.0635. The van der Waals surface area contributed by atoms with Crippen molar-refractivity contribution in [3.8, 4) is 0 Å². The van der Waals surface area contributed by atoms with Gasteiger partial charge in [0.25, 0.3) is 0 Å². The Morgan fingerprint density at radius 2 is 2.24 bits per heavy atom. The lowest BCUT2D eigenvalue weighted by Gasteiger charge is -2.10. The van der Waals surface area contributed by atoms with Gasteiger partial charge in [0.15, 0.2) is 15.5 Å². The maximum atomic E-state index is 11.1. The highest BCUT2D eigenvalue weighted by atomic mass is 32.2. The molecule has 1 aliphatic heterocycles. The Balaban J connectivity index is 2.13. The summed E-state index contributed by atoms with van der Waals surface area (Å²) in [6.45, 7) is 0. The second-order valence-corrected chi connectivity index (χ2v) is 5.43. The Morgan fingerprint density at radius 1 is 1.47 bits per heavy atom. The van der Waals surface area contributed by atoms with Gasteiger partial charge in [-0.05, 0) is 6.08 Å². The quantitative estimate of drug-likeness (QED) is 0.775. The molecule has 7 nitrogen and oxygen atoms in total. The minimum Gasteiger partial charge on any atom is -0.476 e. The molecule has 1 aliphatic rings. The van der Waals surface area contributed by atoms with E-state index in [1.54, 1.807) is 0 Å². The van der Waals surface area contributed by atoms with Gasteiger partial charge in [0, 0.05) is 5.41 Å². The van der Waals surface area contributed by atoms with Crippen molar-refractivity contribution in [1.82, 2.24) is 9.97 Å². The van der Waals surface area contributed by atoms with E-state index in [2.05, 4.69) is 15.3 Å². The van der Waals surface area contributed by atoms with Crippen LogP contribution in [-0.2, 0) is 9.84 Å². The Kier molecular flexibility index (Phi) is 2.80. The fourth-order valence-electron chi connectivity index (χ4n) is 1.39. The molecule has 0 saturated heterocycles. The van der Waals surface area contributed by atoms with E-state index in [1.807, 2.05) is 0 Å². The maximum Gasteiger partial charge on any atom is 0.356 e. The van der Waals surface area contributed by atoms with Gasteiger partial charge in [-0.1, -0.05) is 0 Å². The first kappa shape index (κ1) is 11.5. The number of carbonyl (C=O) groups is 1. The van der Waals surface area contributed by atoms with Crippen LogP contribution in [-0.4, -0.2) is 41.3 Å². The molecule has 0 aromatic carbocycles. The molecule has 0 spiro atoms. The SMILES string of the molecule is O=C(O)c1cncc(NC2C=CS(=O)(=O)C2)n1. The van der Waals surface area contributed by atoms with Crippen LogP contribution in [0.4, 0.5) is 5.82 Å². The van der Waals surface area contributed by atoms with Crippen LogP contribution in [0.25, 0.3) is 0 Å². The Bertz CT molecular complexity index is 582. The third kappa shape index (κ3) is 2.78. The summed E-state index contributed by atoms with van der Waals surface area (Å²) in [7, 11) is -3.15. The summed E-state index contributed by atoms with van der Waals surface area (Å²) in [4.78, 5) is 18.1. The number of aromatic carboxylic acids is 1. The van der Waals surface area contributed by atoms with Gasteiger partial charge in [-0.2, -0.15) is 0 Å². The zero-order valence-electron chi connectivity index (χ0n) is 8.57. The topological polar surface area (TPSA) is 109 Å². The molecule has 1 aromatic heterocycles. The fraction of sp³-hybridized carbons (Fsp3) is 0.222. The van der Waals surface area contributed by atoms with Crippen LogP contribution in [0.1, 0.15) is 10.5 Å². The van der Waals surface area contributed by atoms with Crippen molar-refractivity contribution < 1.29 is 18.3 Å². The van der Waals surface area contributed by atoms with Crippen molar-refractivity contribution >= 4 is 21.6 Å². The number of sulfone groups is 1. The largest absolute Gasteiger partial charge is 0.476 e. The lowest BCUT2D eigenvalue weighted by molar-refractivity contribution is 0.0690. The van der Waals surface area contributed by atoms with Gasteiger partial charge in [-0.25, -0.2) is 18.2 Å². The molecule has 90 valence electrons. The average molecular weight is 255 g/mol. The predicted molar refractivity (Wildman–Crippen MR) is 59.3 cm³/mol. The maximum absolute atomic E-state index is 11.1. The van der Waals surface area contributed by atoms with Gasteiger partial charge in [-0.15, -0.1) is 0 Å². The smallest absolute Gasteiger partial charge is 0.356 e. The number of aromatic nitrogens is 2. The van der Waals surface area contributed by atoms with Crippen molar-refractivity contribution in [3.05, 3.63) is 29.6 Å². The molecule has 17 heavy (non-hydrogen) atoms. The Hall–Kier alpha value is -1.96. The van der Waals surface area contributed by atoms with Crippen molar-refractivity contribution in [2.24, 2.45) is 0 Å². The molecule has 0 fully saturated rings. The molecule has 8 heteroatoms. The summed E-state index contributed by atoms with van der Waals surface area (Å²) in [5.41, 5.74) is -0.195. The zero-order chi connectivity index (χ0) is 12.5. The first-order valence-electron chi connectivity index (χ1n) is 4.69. The van der Waals surface area contributed by atoms with Crippen LogP contribution in [0, 0.1) is 0 Å². The summed E-state index contributed by atoms with van der Waals surface area (Å²) in [6.07, 6.45) is 3.95. The van der Waals surface area contributed by atoms with E-state index < -0.39 is 21.8 Å². The van der Waals surface area contributed by atoms with E-state index in [0.29, 0.717) is 0 Å². The molecular weight excluding hydrogens is 246 g/mol. The highest BCUT2D eigenvalue weighted by Crippen LogP contribution is 2.13. The van der Waals surface area contributed by atoms with Crippen molar-refractivity contribution in [2.75, 3.05) is 11.1 Å². The summed E-state index contributed by atoms with van der Waals surface area (Å²) in [5.74, 6) is -1.02. The van der Waals surface area contributed by atoms with Crippen molar-refractivity contribution in [3.63, 3.8) is 0 Å². The second kappa shape index (κ2) is 4.13. The van der Waals surface area contributed by atoms with Gasteiger partial charge in [-0.3, -0.25) is 4.98 Å². The van der Waals surface area contributed by atoms with E-state index in [1.165, 1.54) is 12.3 Å². The van der Waals surface area contributed by atoms with Gasteiger partial charge in [0.1, 0.15) is 5.82 Å². The van der Waals surface area contributed by atoms with E-state index in [9.17, 15) is 13.2 Å². The number of carboxylic acids is 1. The minimum atomic E-state index is -3.15. The molecular formula is C9H9N3O4S. The summed E-state index contributed by atoms with van der Waals surface area (Å²) in [6, 6.07) is -0.404. The molecule has 1 atom stereocenters. The third-order valence-electron chi connectivity index (χ3n) is 2.12. The molecule has 2 N–H and O–H groups in total. The number of carboxylic acid groups (broad SMARTS) is 1. The molecule has 0 amide bonds. The molecule has 0 radical (unpaired) electrons. The summed E-state index contributed by atoms with van der Waals surface area (Å²) in [5, 5.41) is 12.6. The molecule has 0 bridgehead atoms. The van der Waals surface area contributed by atoms with Crippen LogP contribution in [0.5, 0.6) is 0 Å². The molecule has 2 heterocycles. The van der Waals surface area contributed by atoms with Gasteiger partial charge >= 0.3 is 5.97 Å². The lowest BCUT2D eigenvalue weighted by atomic mass is 10.3. The Labute approximate surface area is 97.1 Å². The average Bonchev–Trinajstić information content (AvgIpc) is 2.58.